The molecule has 2 saturated carbocycles. The third-order valence-electron chi connectivity index (χ3n) is 13.7. The number of carbonyl (C=O) groups excluding carboxylic acids is 2. The molecule has 0 bridgehead atoms. The lowest BCUT2D eigenvalue weighted by atomic mass is 9.78. The first-order chi connectivity index (χ1) is 30.6. The monoisotopic (exact) mass is 880 g/mol. The summed E-state index contributed by atoms with van der Waals surface area (Å²) in [5.74, 6) is 1.73. The maximum absolute atomic E-state index is 12.8. The van der Waals surface area contributed by atoms with Gasteiger partial charge in [0, 0.05) is 87.7 Å². The molecule has 0 spiro atoms. The number of aromatic nitrogens is 4. The predicted molar refractivity (Wildman–Crippen MR) is 243 cm³/mol. The van der Waals surface area contributed by atoms with Crippen molar-refractivity contribution in [1.82, 2.24) is 19.1 Å². The molecule has 0 amide bonds. The Balaban J connectivity index is 0.000000191. The third kappa shape index (κ3) is 9.13. The summed E-state index contributed by atoms with van der Waals surface area (Å²) < 4.78 is 36.3. The average Bonchev–Trinajstić information content (AvgIpc) is 4.21. The summed E-state index contributed by atoms with van der Waals surface area (Å²) in [6, 6.07) is 7.30. The Hall–Kier alpha value is -5.34. The molecule has 0 saturated heterocycles. The Bertz CT molecular complexity index is 2350. The number of pyridine rings is 4. The van der Waals surface area contributed by atoms with Gasteiger partial charge >= 0.3 is 11.9 Å². The standard InChI is InChI=1S/2C25H32N2O5/c2*1-15(2)25(3)13-17-11-21(32-10-6-9-30-4)23(16-7-8-16)26-22(17)19-12-20(28)18(14-27(19)25)24(29)31-5/h2*11-12,14-16H,6-10,13H2,1-5H3. The Labute approximate surface area is 375 Å². The fraction of sp³-hybridized carbons (Fsp3) is 0.560. The second-order valence-electron chi connectivity index (χ2n) is 18.7. The molecule has 4 aliphatic rings. The third-order valence-corrected chi connectivity index (χ3v) is 13.7. The topological polar surface area (TPSA) is 159 Å². The Morgan fingerprint density at radius 1 is 0.625 bits per heavy atom. The van der Waals surface area contributed by atoms with E-state index in [0.29, 0.717) is 38.3 Å². The van der Waals surface area contributed by atoms with Crippen LogP contribution < -0.4 is 20.3 Å². The van der Waals surface area contributed by atoms with Crippen molar-refractivity contribution in [1.29, 1.82) is 0 Å². The number of hydrogen-bond acceptors (Lipinski definition) is 12. The van der Waals surface area contributed by atoms with Gasteiger partial charge in [0.15, 0.2) is 10.9 Å². The number of esters is 2. The van der Waals surface area contributed by atoms with Gasteiger partial charge in [0.25, 0.3) is 0 Å². The van der Waals surface area contributed by atoms with Gasteiger partial charge in [-0.05, 0) is 87.5 Å². The van der Waals surface area contributed by atoms with Gasteiger partial charge in [-0.25, -0.2) is 19.6 Å². The largest absolute Gasteiger partial charge is 0.492 e. The summed E-state index contributed by atoms with van der Waals surface area (Å²) in [5, 5.41) is 0. The van der Waals surface area contributed by atoms with Gasteiger partial charge in [0.2, 0.25) is 0 Å². The second-order valence-corrected chi connectivity index (χ2v) is 18.7. The molecule has 4 aromatic rings. The van der Waals surface area contributed by atoms with Crippen LogP contribution in [0.2, 0.25) is 0 Å². The average molecular weight is 881 g/mol. The zero-order valence-corrected chi connectivity index (χ0v) is 39.1. The number of carbonyl (C=O) groups is 2. The van der Waals surface area contributed by atoms with Gasteiger partial charge in [-0.3, -0.25) is 9.59 Å². The lowest BCUT2D eigenvalue weighted by molar-refractivity contribution is 0.0588. The summed E-state index contributed by atoms with van der Waals surface area (Å²) in [4.78, 5) is 60.1. The van der Waals surface area contributed by atoms with Crippen LogP contribution in [0, 0.1) is 11.8 Å². The highest BCUT2D eigenvalue weighted by Crippen LogP contribution is 2.49. The van der Waals surface area contributed by atoms with Gasteiger partial charge in [-0.15, -0.1) is 0 Å². The molecule has 6 heterocycles. The van der Waals surface area contributed by atoms with Gasteiger partial charge < -0.3 is 37.6 Å². The molecule has 2 unspecified atom stereocenters. The number of fused-ring (bicyclic) bond motifs is 6. The zero-order valence-electron chi connectivity index (χ0n) is 39.1. The summed E-state index contributed by atoms with van der Waals surface area (Å²) in [6.45, 7) is 15.4. The molecule has 2 atom stereocenters. The Kier molecular flexibility index (Phi) is 13.9. The molecule has 344 valence electrons. The van der Waals surface area contributed by atoms with Crippen molar-refractivity contribution < 1.29 is 38.0 Å². The van der Waals surface area contributed by atoms with E-state index in [-0.39, 0.29) is 44.9 Å². The minimum atomic E-state index is -0.617. The van der Waals surface area contributed by atoms with Crippen LogP contribution in [0.25, 0.3) is 22.8 Å². The first-order valence-electron chi connectivity index (χ1n) is 22.6. The van der Waals surface area contributed by atoms with Crippen molar-refractivity contribution in [3.05, 3.63) is 90.7 Å². The molecular formula is C50H64N4O10. The molecule has 2 aliphatic carbocycles. The van der Waals surface area contributed by atoms with Crippen LogP contribution in [0.15, 0.2) is 46.2 Å². The van der Waals surface area contributed by atoms with E-state index >= 15 is 0 Å². The SMILES string of the molecule is COCCCOc1cc2c(nc1C1CC1)-c1cc(=O)c(C(=O)OC)cn1C(C)(C(C)C)C2.COCCCOc1cc2c(nc1C1CC1)-c1cc(=O)c(C(=O)OC)cn1C(C)(C(C)C)C2. The quantitative estimate of drug-likeness (QED) is 0.0794. The highest BCUT2D eigenvalue weighted by Gasteiger charge is 2.42. The van der Waals surface area contributed by atoms with E-state index in [1.165, 1.54) is 26.4 Å². The van der Waals surface area contributed by atoms with Gasteiger partial charge in [0.1, 0.15) is 22.6 Å². The molecule has 0 radical (unpaired) electrons. The van der Waals surface area contributed by atoms with Crippen LogP contribution in [0.3, 0.4) is 0 Å². The zero-order chi connectivity index (χ0) is 46.1. The molecule has 64 heavy (non-hydrogen) atoms. The number of ether oxygens (including phenoxy) is 6. The van der Waals surface area contributed by atoms with E-state index in [0.717, 1.165) is 108 Å². The molecule has 4 aromatic heterocycles. The minimum absolute atomic E-state index is 0.0482. The molecular weight excluding hydrogens is 817 g/mol. The molecule has 8 rings (SSSR count). The van der Waals surface area contributed by atoms with Crippen molar-refractivity contribution in [2.24, 2.45) is 11.8 Å². The van der Waals surface area contributed by atoms with Crippen molar-refractivity contribution in [3.63, 3.8) is 0 Å². The van der Waals surface area contributed by atoms with E-state index < -0.39 is 11.9 Å². The second kappa shape index (κ2) is 19.0. The number of nitrogens with zero attached hydrogens (tertiary/aromatic N) is 4. The molecule has 0 N–H and O–H groups in total. The number of methoxy groups -OCH3 is 4. The highest BCUT2D eigenvalue weighted by molar-refractivity contribution is 5.90. The number of hydrogen-bond donors (Lipinski definition) is 0. The van der Waals surface area contributed by atoms with Crippen LogP contribution in [0.1, 0.15) is 135 Å². The lowest BCUT2D eigenvalue weighted by Crippen LogP contribution is -2.43. The summed E-state index contributed by atoms with van der Waals surface area (Å²) in [7, 11) is 5.96. The summed E-state index contributed by atoms with van der Waals surface area (Å²) in [5.41, 5.74) is 5.88. The van der Waals surface area contributed by atoms with Crippen LogP contribution in [-0.4, -0.2) is 85.9 Å². The van der Waals surface area contributed by atoms with Crippen molar-refractivity contribution in [3.8, 4) is 34.3 Å². The maximum atomic E-state index is 12.8. The lowest BCUT2D eigenvalue weighted by Gasteiger charge is -2.42. The van der Waals surface area contributed by atoms with Gasteiger partial charge in [-0.1, -0.05) is 27.7 Å². The van der Waals surface area contributed by atoms with Crippen LogP contribution in [-0.2, 0) is 42.9 Å². The fourth-order valence-corrected chi connectivity index (χ4v) is 8.82. The normalized spacial score (nSPS) is 19.4. The minimum Gasteiger partial charge on any atom is -0.492 e. The van der Waals surface area contributed by atoms with E-state index in [9.17, 15) is 19.2 Å². The first-order valence-corrected chi connectivity index (χ1v) is 22.6. The number of rotatable bonds is 16. The fourth-order valence-electron chi connectivity index (χ4n) is 8.82. The maximum Gasteiger partial charge on any atom is 0.343 e. The predicted octanol–water partition coefficient (Wildman–Crippen LogP) is 7.83. The highest BCUT2D eigenvalue weighted by atomic mass is 16.5. The van der Waals surface area contributed by atoms with E-state index in [2.05, 4.69) is 62.8 Å². The van der Waals surface area contributed by atoms with Crippen molar-refractivity contribution in [2.75, 3.05) is 54.9 Å². The molecule has 14 nitrogen and oxygen atoms in total. The Morgan fingerprint density at radius 2 is 1.00 bits per heavy atom. The van der Waals surface area contributed by atoms with E-state index in [1.807, 2.05) is 0 Å². The van der Waals surface area contributed by atoms with Gasteiger partial charge in [0.05, 0.1) is 61.6 Å². The molecule has 2 aliphatic heterocycles. The van der Waals surface area contributed by atoms with Crippen LogP contribution in [0.5, 0.6) is 11.5 Å². The van der Waals surface area contributed by atoms with Crippen molar-refractivity contribution in [2.45, 2.75) is 116 Å². The summed E-state index contributed by atoms with van der Waals surface area (Å²) >= 11 is 0. The Morgan fingerprint density at radius 3 is 1.31 bits per heavy atom. The van der Waals surface area contributed by atoms with Crippen molar-refractivity contribution >= 4 is 11.9 Å². The molecule has 0 aromatic carbocycles. The smallest absolute Gasteiger partial charge is 0.343 e. The van der Waals surface area contributed by atoms with Crippen LogP contribution >= 0.6 is 0 Å². The first kappa shape index (κ1) is 46.6. The molecule has 2 fully saturated rings. The van der Waals surface area contributed by atoms with E-state index in [1.54, 1.807) is 26.6 Å². The summed E-state index contributed by atoms with van der Waals surface area (Å²) in [6.07, 6.45) is 10.8. The van der Waals surface area contributed by atoms with Gasteiger partial charge in [-0.2, -0.15) is 0 Å². The molecule has 14 heteroatoms. The van der Waals surface area contributed by atoms with E-state index in [4.69, 9.17) is 38.4 Å². The van der Waals surface area contributed by atoms with Crippen LogP contribution in [0.4, 0.5) is 0 Å².